The molecule has 0 fully saturated rings. The van der Waals surface area contributed by atoms with Gasteiger partial charge in [0.2, 0.25) is 0 Å². The summed E-state index contributed by atoms with van der Waals surface area (Å²) in [5.74, 6) is 1.71. The van der Waals surface area contributed by atoms with Crippen LogP contribution in [0.25, 0.3) is 11.0 Å². The molecule has 0 saturated carbocycles. The van der Waals surface area contributed by atoms with Gasteiger partial charge in [-0.2, -0.15) is 0 Å². The minimum atomic E-state index is 0.525. The molecule has 0 saturated heterocycles. The number of para-hydroxylation sites is 2. The molecule has 1 aromatic heterocycles. The van der Waals surface area contributed by atoms with Gasteiger partial charge in [0.25, 0.3) is 0 Å². The van der Waals surface area contributed by atoms with Crippen LogP contribution in [-0.2, 0) is 20.1 Å². The zero-order chi connectivity index (χ0) is 17.6. The van der Waals surface area contributed by atoms with Crippen molar-refractivity contribution in [3.8, 4) is 0 Å². The summed E-state index contributed by atoms with van der Waals surface area (Å²) in [7, 11) is 2.03. The maximum absolute atomic E-state index is 6.20. The molecule has 0 aliphatic heterocycles. The van der Waals surface area contributed by atoms with E-state index >= 15 is 0 Å². The highest BCUT2D eigenvalue weighted by atomic mass is 35.5. The molecule has 25 heavy (non-hydrogen) atoms. The van der Waals surface area contributed by atoms with Gasteiger partial charge in [-0.1, -0.05) is 41.9 Å². The first-order valence-electron chi connectivity index (χ1n) is 8.35. The zero-order valence-electron chi connectivity index (χ0n) is 14.5. The number of guanidine groups is 1. The molecule has 2 N–H and O–H groups in total. The number of aryl methyl sites for hydroxylation is 1. The number of nitrogens with zero attached hydrogens (tertiary/aromatic N) is 3. The number of rotatable bonds is 5. The number of halogens is 1. The van der Waals surface area contributed by atoms with E-state index in [1.807, 2.05) is 56.4 Å². The van der Waals surface area contributed by atoms with Crippen LogP contribution in [0.3, 0.4) is 0 Å². The van der Waals surface area contributed by atoms with Gasteiger partial charge >= 0.3 is 0 Å². The standard InChI is InChI=1S/C19H22ClN5/c1-3-21-19(22-12-14-8-4-5-9-15(14)20)23-13-18-24-16-10-6-7-11-17(16)25(18)2/h4-11H,3,12-13H2,1-2H3,(H2,21,22,23). The highest BCUT2D eigenvalue weighted by Crippen LogP contribution is 2.16. The number of nitrogens with one attached hydrogen (secondary N) is 2. The van der Waals surface area contributed by atoms with Gasteiger partial charge in [-0.05, 0) is 30.7 Å². The van der Waals surface area contributed by atoms with Crippen molar-refractivity contribution in [2.24, 2.45) is 12.0 Å². The van der Waals surface area contributed by atoms with E-state index < -0.39 is 0 Å². The number of fused-ring (bicyclic) bond motifs is 1. The van der Waals surface area contributed by atoms with Crippen LogP contribution in [0.15, 0.2) is 53.5 Å². The van der Waals surface area contributed by atoms with Crippen LogP contribution in [0.4, 0.5) is 0 Å². The van der Waals surface area contributed by atoms with Crippen molar-refractivity contribution in [2.75, 3.05) is 6.54 Å². The van der Waals surface area contributed by atoms with Gasteiger partial charge in [0.1, 0.15) is 5.82 Å². The summed E-state index contributed by atoms with van der Waals surface area (Å²) in [4.78, 5) is 9.29. The van der Waals surface area contributed by atoms with E-state index in [2.05, 4.69) is 31.2 Å². The Labute approximate surface area is 152 Å². The Morgan fingerprint density at radius 2 is 1.88 bits per heavy atom. The summed E-state index contributed by atoms with van der Waals surface area (Å²) in [6.45, 7) is 3.95. The third-order valence-electron chi connectivity index (χ3n) is 4.00. The maximum Gasteiger partial charge on any atom is 0.191 e. The second kappa shape index (κ2) is 8.03. The monoisotopic (exact) mass is 355 g/mol. The van der Waals surface area contributed by atoms with Gasteiger partial charge in [-0.15, -0.1) is 0 Å². The largest absolute Gasteiger partial charge is 0.357 e. The fourth-order valence-electron chi connectivity index (χ4n) is 2.65. The number of benzene rings is 2. The SMILES string of the molecule is CCNC(=NCc1ccccc1Cl)NCc1nc2ccccc2n1C. The molecule has 0 radical (unpaired) electrons. The third kappa shape index (κ3) is 4.12. The number of hydrogen-bond donors (Lipinski definition) is 2. The first-order valence-corrected chi connectivity index (χ1v) is 8.72. The molecule has 5 nitrogen and oxygen atoms in total. The quantitative estimate of drug-likeness (QED) is 0.544. The second-order valence-corrected chi connectivity index (χ2v) is 6.12. The Morgan fingerprint density at radius 3 is 2.64 bits per heavy atom. The molecule has 130 valence electrons. The van der Waals surface area contributed by atoms with Crippen molar-refractivity contribution in [1.29, 1.82) is 0 Å². The lowest BCUT2D eigenvalue weighted by Gasteiger charge is -2.11. The first kappa shape index (κ1) is 17.3. The lowest BCUT2D eigenvalue weighted by molar-refractivity contribution is 0.738. The predicted octanol–water partition coefficient (Wildman–Crippen LogP) is 3.48. The predicted molar refractivity (Wildman–Crippen MR) is 104 cm³/mol. The van der Waals surface area contributed by atoms with Crippen molar-refractivity contribution >= 4 is 28.6 Å². The topological polar surface area (TPSA) is 54.2 Å². The normalized spacial score (nSPS) is 11.7. The summed E-state index contributed by atoms with van der Waals surface area (Å²) in [6, 6.07) is 15.9. The van der Waals surface area contributed by atoms with Gasteiger partial charge in [-0.3, -0.25) is 0 Å². The molecule has 3 aromatic rings. The fourth-order valence-corrected chi connectivity index (χ4v) is 2.84. The average molecular weight is 356 g/mol. The first-order chi connectivity index (χ1) is 12.2. The number of hydrogen-bond acceptors (Lipinski definition) is 2. The van der Waals surface area contributed by atoms with E-state index in [0.717, 1.165) is 39.9 Å². The smallest absolute Gasteiger partial charge is 0.191 e. The lowest BCUT2D eigenvalue weighted by Crippen LogP contribution is -2.37. The van der Waals surface area contributed by atoms with Crippen molar-refractivity contribution in [3.63, 3.8) is 0 Å². The van der Waals surface area contributed by atoms with Crippen LogP contribution in [0.1, 0.15) is 18.3 Å². The fraction of sp³-hybridized carbons (Fsp3) is 0.263. The minimum Gasteiger partial charge on any atom is -0.357 e. The van der Waals surface area contributed by atoms with E-state index in [4.69, 9.17) is 11.6 Å². The molecule has 3 rings (SSSR count). The molecular formula is C19H22ClN5. The van der Waals surface area contributed by atoms with Gasteiger partial charge in [0.15, 0.2) is 5.96 Å². The molecule has 0 aliphatic rings. The van der Waals surface area contributed by atoms with Crippen LogP contribution in [0.5, 0.6) is 0 Å². The number of aliphatic imine (C=N–C) groups is 1. The Morgan fingerprint density at radius 1 is 1.12 bits per heavy atom. The van der Waals surface area contributed by atoms with Crippen LogP contribution in [0, 0.1) is 0 Å². The maximum atomic E-state index is 6.20. The summed E-state index contributed by atoms with van der Waals surface area (Å²) >= 11 is 6.20. The van der Waals surface area contributed by atoms with Crippen molar-refractivity contribution in [1.82, 2.24) is 20.2 Å². The van der Waals surface area contributed by atoms with E-state index in [9.17, 15) is 0 Å². The summed E-state index contributed by atoms with van der Waals surface area (Å²) in [6.07, 6.45) is 0. The molecule has 0 atom stereocenters. The van der Waals surface area contributed by atoms with Gasteiger partial charge in [-0.25, -0.2) is 9.98 Å². The minimum absolute atomic E-state index is 0.525. The molecule has 6 heteroatoms. The second-order valence-electron chi connectivity index (χ2n) is 5.72. The third-order valence-corrected chi connectivity index (χ3v) is 4.37. The molecule has 0 bridgehead atoms. The molecule has 0 amide bonds. The van der Waals surface area contributed by atoms with E-state index in [0.29, 0.717) is 13.1 Å². The summed E-state index contributed by atoms with van der Waals surface area (Å²) in [5, 5.41) is 7.33. The van der Waals surface area contributed by atoms with Crippen molar-refractivity contribution in [2.45, 2.75) is 20.0 Å². The van der Waals surface area contributed by atoms with E-state index in [-0.39, 0.29) is 0 Å². The molecule has 0 unspecified atom stereocenters. The van der Waals surface area contributed by atoms with Gasteiger partial charge in [0.05, 0.1) is 24.1 Å². The molecule has 2 aromatic carbocycles. The van der Waals surface area contributed by atoms with Crippen molar-refractivity contribution in [3.05, 3.63) is 64.9 Å². The Bertz CT molecular complexity index is 884. The van der Waals surface area contributed by atoms with Gasteiger partial charge < -0.3 is 15.2 Å². The van der Waals surface area contributed by atoms with Gasteiger partial charge in [0, 0.05) is 18.6 Å². The molecule has 0 aliphatic carbocycles. The van der Waals surface area contributed by atoms with Crippen LogP contribution < -0.4 is 10.6 Å². The highest BCUT2D eigenvalue weighted by Gasteiger charge is 2.08. The van der Waals surface area contributed by atoms with E-state index in [1.165, 1.54) is 0 Å². The zero-order valence-corrected chi connectivity index (χ0v) is 15.2. The average Bonchev–Trinajstić information content (AvgIpc) is 2.95. The van der Waals surface area contributed by atoms with Crippen LogP contribution in [0.2, 0.25) is 5.02 Å². The highest BCUT2D eigenvalue weighted by molar-refractivity contribution is 6.31. The van der Waals surface area contributed by atoms with Crippen LogP contribution in [-0.4, -0.2) is 22.1 Å². The summed E-state index contributed by atoms with van der Waals surface area (Å²) < 4.78 is 2.10. The van der Waals surface area contributed by atoms with Crippen molar-refractivity contribution < 1.29 is 0 Å². The number of aromatic nitrogens is 2. The lowest BCUT2D eigenvalue weighted by atomic mass is 10.2. The molecular weight excluding hydrogens is 334 g/mol. The molecule has 1 heterocycles. The summed E-state index contributed by atoms with van der Waals surface area (Å²) in [5.41, 5.74) is 3.13. The Hall–Kier alpha value is -2.53. The Kier molecular flexibility index (Phi) is 5.56. The van der Waals surface area contributed by atoms with Crippen LogP contribution >= 0.6 is 11.6 Å². The Balaban J connectivity index is 1.72. The molecule has 0 spiro atoms. The number of imidazole rings is 1. The van der Waals surface area contributed by atoms with E-state index in [1.54, 1.807) is 0 Å².